The molecule has 2 unspecified atom stereocenters. The Morgan fingerprint density at radius 3 is 2.02 bits per heavy atom. The molecule has 2 atom stereocenters. The molecule has 0 aliphatic heterocycles. The third-order valence-electron chi connectivity index (χ3n) is 6.28. The predicted octanol–water partition coefficient (Wildman–Crippen LogP) is 5.40. The van der Waals surface area contributed by atoms with Crippen LogP contribution >= 0.6 is 0 Å². The number of alkyl carbamates (subject to hydrolysis) is 1. The Bertz CT molecular complexity index is 1330. The Labute approximate surface area is 243 Å². The second-order valence-corrected chi connectivity index (χ2v) is 10.8. The lowest BCUT2D eigenvalue weighted by molar-refractivity contribution is -0.142. The number of ether oxygens (including phenoxy) is 1. The Morgan fingerprint density at radius 2 is 1.49 bits per heavy atom. The number of amides is 3. The number of nitrogens with one attached hydrogen (secondary N) is 2. The standard InChI is InChI=1S/C34H39N3O4/c1-6-22-37(32(39)29(23-26-14-10-8-11-15-26)36-33(40)41-34(3,4)5)30(28-20-18-25(7-2)19-21-28)31(38)35-24-27-16-12-9-13-17-27/h2,8-21,29-30H,6,22-24H2,1,3-5H3,(H,35,38)(H,36,40). The number of hydrogen-bond acceptors (Lipinski definition) is 4. The van der Waals surface area contributed by atoms with Crippen LogP contribution in [0.1, 0.15) is 62.4 Å². The first kappa shape index (κ1) is 31.0. The summed E-state index contributed by atoms with van der Waals surface area (Å²) >= 11 is 0. The van der Waals surface area contributed by atoms with Crippen molar-refractivity contribution in [3.8, 4) is 12.3 Å². The number of carbonyl (C=O) groups excluding carboxylic acids is 3. The zero-order valence-electron chi connectivity index (χ0n) is 24.2. The van der Waals surface area contributed by atoms with Gasteiger partial charge >= 0.3 is 6.09 Å². The zero-order chi connectivity index (χ0) is 29.8. The van der Waals surface area contributed by atoms with E-state index in [-0.39, 0.29) is 18.2 Å². The molecule has 0 radical (unpaired) electrons. The lowest BCUT2D eigenvalue weighted by Gasteiger charge is -2.34. The van der Waals surface area contributed by atoms with Gasteiger partial charge in [0, 0.05) is 25.1 Å². The number of carbonyl (C=O) groups is 3. The summed E-state index contributed by atoms with van der Waals surface area (Å²) in [5.74, 6) is 1.87. The molecule has 3 aromatic carbocycles. The van der Waals surface area contributed by atoms with E-state index in [0.717, 1.165) is 11.1 Å². The lowest BCUT2D eigenvalue weighted by atomic mass is 9.99. The van der Waals surface area contributed by atoms with E-state index in [9.17, 15) is 14.4 Å². The fraction of sp³-hybridized carbons (Fsp3) is 0.324. The van der Waals surface area contributed by atoms with Gasteiger partial charge in [-0.1, -0.05) is 85.6 Å². The summed E-state index contributed by atoms with van der Waals surface area (Å²) in [4.78, 5) is 42.5. The largest absolute Gasteiger partial charge is 0.444 e. The van der Waals surface area contributed by atoms with Crippen LogP contribution < -0.4 is 10.6 Å². The summed E-state index contributed by atoms with van der Waals surface area (Å²) < 4.78 is 5.48. The van der Waals surface area contributed by atoms with Gasteiger partial charge in [-0.3, -0.25) is 9.59 Å². The fourth-order valence-electron chi connectivity index (χ4n) is 4.42. The molecular formula is C34H39N3O4. The highest BCUT2D eigenvalue weighted by Gasteiger charge is 2.36. The Hall–Kier alpha value is -4.57. The third-order valence-corrected chi connectivity index (χ3v) is 6.28. The Kier molecular flexibility index (Phi) is 11.1. The Balaban J connectivity index is 1.99. The first-order valence-corrected chi connectivity index (χ1v) is 13.8. The van der Waals surface area contributed by atoms with Gasteiger partial charge in [0.15, 0.2) is 0 Å². The van der Waals surface area contributed by atoms with Gasteiger partial charge in [0.25, 0.3) is 0 Å². The molecular weight excluding hydrogens is 514 g/mol. The monoisotopic (exact) mass is 553 g/mol. The minimum absolute atomic E-state index is 0.230. The average molecular weight is 554 g/mol. The van der Waals surface area contributed by atoms with Gasteiger partial charge in [-0.25, -0.2) is 4.79 Å². The van der Waals surface area contributed by atoms with Crippen molar-refractivity contribution in [3.05, 3.63) is 107 Å². The maximum absolute atomic E-state index is 14.3. The minimum atomic E-state index is -0.965. The molecule has 3 amide bonds. The van der Waals surface area contributed by atoms with Crippen molar-refractivity contribution in [2.24, 2.45) is 0 Å². The van der Waals surface area contributed by atoms with Crippen LogP contribution in [0.25, 0.3) is 0 Å². The maximum atomic E-state index is 14.3. The van der Waals surface area contributed by atoms with Crippen LogP contribution in [-0.4, -0.2) is 41.0 Å². The first-order valence-electron chi connectivity index (χ1n) is 13.8. The molecule has 3 rings (SSSR count). The summed E-state index contributed by atoms with van der Waals surface area (Å²) in [6.45, 7) is 7.82. The summed E-state index contributed by atoms with van der Waals surface area (Å²) in [6, 6.07) is 24.1. The topological polar surface area (TPSA) is 87.7 Å². The number of hydrogen-bond donors (Lipinski definition) is 2. The van der Waals surface area contributed by atoms with Crippen LogP contribution in [0, 0.1) is 12.3 Å². The highest BCUT2D eigenvalue weighted by Crippen LogP contribution is 2.24. The lowest BCUT2D eigenvalue weighted by Crippen LogP contribution is -2.54. The van der Waals surface area contributed by atoms with Crippen molar-refractivity contribution in [3.63, 3.8) is 0 Å². The summed E-state index contributed by atoms with van der Waals surface area (Å²) in [5, 5.41) is 5.77. The molecule has 0 spiro atoms. The van der Waals surface area contributed by atoms with Crippen molar-refractivity contribution in [2.45, 2.75) is 64.8 Å². The van der Waals surface area contributed by atoms with Gasteiger partial charge < -0.3 is 20.3 Å². The number of rotatable bonds is 11. The highest BCUT2D eigenvalue weighted by atomic mass is 16.6. The molecule has 0 aliphatic rings. The summed E-state index contributed by atoms with van der Waals surface area (Å²) in [7, 11) is 0. The molecule has 0 fully saturated rings. The van der Waals surface area contributed by atoms with Crippen molar-refractivity contribution >= 4 is 17.9 Å². The molecule has 0 bridgehead atoms. The number of nitrogens with zero attached hydrogens (tertiary/aromatic N) is 1. The molecule has 0 aliphatic carbocycles. The molecule has 0 heterocycles. The first-order chi connectivity index (χ1) is 19.6. The summed E-state index contributed by atoms with van der Waals surface area (Å²) in [6.07, 6.45) is 5.69. The highest BCUT2D eigenvalue weighted by molar-refractivity contribution is 5.92. The number of benzene rings is 3. The molecule has 7 nitrogen and oxygen atoms in total. The second kappa shape index (κ2) is 14.7. The molecule has 214 valence electrons. The van der Waals surface area contributed by atoms with Crippen molar-refractivity contribution < 1.29 is 19.1 Å². The smallest absolute Gasteiger partial charge is 0.408 e. The summed E-state index contributed by atoms with van der Waals surface area (Å²) in [5.41, 5.74) is 2.34. The van der Waals surface area contributed by atoms with Crippen LogP contribution in [0.2, 0.25) is 0 Å². The van der Waals surface area contributed by atoms with E-state index in [1.165, 1.54) is 4.90 Å². The van der Waals surface area contributed by atoms with E-state index in [0.29, 0.717) is 30.6 Å². The van der Waals surface area contributed by atoms with Gasteiger partial charge in [0.2, 0.25) is 11.8 Å². The number of terminal acetylenes is 1. The fourth-order valence-corrected chi connectivity index (χ4v) is 4.42. The van der Waals surface area contributed by atoms with E-state index in [4.69, 9.17) is 11.2 Å². The third kappa shape index (κ3) is 9.54. The van der Waals surface area contributed by atoms with E-state index in [1.807, 2.05) is 67.6 Å². The van der Waals surface area contributed by atoms with E-state index in [2.05, 4.69) is 16.6 Å². The van der Waals surface area contributed by atoms with Crippen molar-refractivity contribution in [1.29, 1.82) is 0 Å². The normalized spacial score (nSPS) is 12.4. The molecule has 3 aromatic rings. The van der Waals surface area contributed by atoms with Gasteiger partial charge in [-0.05, 0) is 56.0 Å². The Morgan fingerprint density at radius 1 is 0.902 bits per heavy atom. The molecule has 0 saturated heterocycles. The quantitative estimate of drug-likeness (QED) is 0.311. The van der Waals surface area contributed by atoms with Gasteiger partial charge in [-0.2, -0.15) is 0 Å². The minimum Gasteiger partial charge on any atom is -0.444 e. The van der Waals surface area contributed by atoms with Crippen molar-refractivity contribution in [2.75, 3.05) is 6.54 Å². The van der Waals surface area contributed by atoms with Crippen LogP contribution in [0.3, 0.4) is 0 Å². The van der Waals surface area contributed by atoms with E-state index >= 15 is 0 Å². The maximum Gasteiger partial charge on any atom is 0.408 e. The van der Waals surface area contributed by atoms with Crippen LogP contribution in [-0.2, 0) is 27.3 Å². The average Bonchev–Trinajstić information content (AvgIpc) is 2.95. The van der Waals surface area contributed by atoms with E-state index in [1.54, 1.807) is 45.0 Å². The van der Waals surface area contributed by atoms with Gasteiger partial charge in [0.1, 0.15) is 17.7 Å². The molecule has 0 saturated carbocycles. The second-order valence-electron chi connectivity index (χ2n) is 10.8. The van der Waals surface area contributed by atoms with E-state index < -0.39 is 23.8 Å². The van der Waals surface area contributed by atoms with Crippen LogP contribution in [0.4, 0.5) is 4.79 Å². The molecule has 41 heavy (non-hydrogen) atoms. The predicted molar refractivity (Wildman–Crippen MR) is 161 cm³/mol. The van der Waals surface area contributed by atoms with Crippen LogP contribution in [0.5, 0.6) is 0 Å². The zero-order valence-corrected chi connectivity index (χ0v) is 24.2. The SMILES string of the molecule is C#Cc1ccc(C(C(=O)NCc2ccccc2)N(CCC)C(=O)C(Cc2ccccc2)NC(=O)OC(C)(C)C)cc1. The van der Waals surface area contributed by atoms with Crippen molar-refractivity contribution in [1.82, 2.24) is 15.5 Å². The van der Waals surface area contributed by atoms with Crippen LogP contribution in [0.15, 0.2) is 84.9 Å². The molecule has 7 heteroatoms. The van der Waals surface area contributed by atoms with Gasteiger partial charge in [0.05, 0.1) is 0 Å². The molecule has 0 aromatic heterocycles. The van der Waals surface area contributed by atoms with Gasteiger partial charge in [-0.15, -0.1) is 6.42 Å². The molecule has 2 N–H and O–H groups in total.